The van der Waals surface area contributed by atoms with Crippen molar-refractivity contribution >= 4 is 10.8 Å². The number of benzene rings is 1. The largest absolute Gasteiger partial charge is 0.257 e. The van der Waals surface area contributed by atoms with Crippen molar-refractivity contribution in [3.05, 3.63) is 47.9 Å². The number of aromatic nitrogens is 3. The van der Waals surface area contributed by atoms with Crippen LogP contribution in [0.15, 0.2) is 36.7 Å². The van der Waals surface area contributed by atoms with Crippen molar-refractivity contribution in [1.29, 1.82) is 5.26 Å². The molecule has 0 aliphatic heterocycles. The molecule has 0 fully saturated rings. The average Bonchev–Trinajstić information content (AvgIpc) is 2.86. The summed E-state index contributed by atoms with van der Waals surface area (Å²) in [7, 11) is 1.76. The van der Waals surface area contributed by atoms with Crippen LogP contribution in [0.2, 0.25) is 0 Å². The zero-order valence-corrected chi connectivity index (χ0v) is 13.3. The molecular weight excluding hydrogens is 272 g/mol. The zero-order valence-electron chi connectivity index (χ0n) is 13.3. The van der Waals surface area contributed by atoms with E-state index in [2.05, 4.69) is 55.1 Å². The molecule has 4 nitrogen and oxygen atoms in total. The Morgan fingerprint density at radius 3 is 2.64 bits per heavy atom. The Balaban J connectivity index is 2.22. The second-order valence-electron chi connectivity index (χ2n) is 6.49. The fourth-order valence-electron chi connectivity index (χ4n) is 2.73. The maximum absolute atomic E-state index is 9.27. The number of hydrogen-bond acceptors (Lipinski definition) is 3. The molecule has 110 valence electrons. The summed E-state index contributed by atoms with van der Waals surface area (Å²) in [5, 5.41) is 15.7. The number of nitrogens with zero attached hydrogens (tertiary/aromatic N) is 4. The van der Waals surface area contributed by atoms with E-state index in [-0.39, 0.29) is 5.41 Å². The first-order chi connectivity index (χ1) is 10.4. The molecule has 0 aliphatic carbocycles. The third-order valence-corrected chi connectivity index (χ3v) is 3.89. The Kier molecular flexibility index (Phi) is 3.22. The highest BCUT2D eigenvalue weighted by atomic mass is 15.3. The van der Waals surface area contributed by atoms with Gasteiger partial charge in [0.25, 0.3) is 0 Å². The lowest BCUT2D eigenvalue weighted by molar-refractivity contribution is 0.596. The second kappa shape index (κ2) is 4.96. The standard InChI is InChI=1S/C18H18N4/c1-18(2,3)15-7-5-6-12-8-16(20-10-13(12)15)14-11-21-22(4)17(14)9-19/h5-8,10-11H,1-4H3. The Bertz CT molecular complexity index is 892. The molecule has 0 aliphatic rings. The van der Waals surface area contributed by atoms with Gasteiger partial charge >= 0.3 is 0 Å². The zero-order chi connectivity index (χ0) is 15.9. The number of nitriles is 1. The smallest absolute Gasteiger partial charge is 0.147 e. The molecule has 2 heterocycles. The molecule has 0 bridgehead atoms. The summed E-state index contributed by atoms with van der Waals surface area (Å²) in [4.78, 5) is 4.57. The predicted molar refractivity (Wildman–Crippen MR) is 87.4 cm³/mol. The fourth-order valence-corrected chi connectivity index (χ4v) is 2.73. The molecule has 0 radical (unpaired) electrons. The molecule has 1 aromatic carbocycles. The first kappa shape index (κ1) is 14.3. The van der Waals surface area contributed by atoms with E-state index < -0.39 is 0 Å². The highest BCUT2D eigenvalue weighted by Crippen LogP contribution is 2.31. The van der Waals surface area contributed by atoms with Gasteiger partial charge in [-0.3, -0.25) is 9.67 Å². The van der Waals surface area contributed by atoms with Gasteiger partial charge in [0.05, 0.1) is 17.5 Å². The highest BCUT2D eigenvalue weighted by molar-refractivity contribution is 5.89. The molecule has 2 aromatic heterocycles. The van der Waals surface area contributed by atoms with Crippen LogP contribution in [-0.4, -0.2) is 14.8 Å². The molecular formula is C18H18N4. The SMILES string of the molecule is Cn1ncc(-c2cc3cccc(C(C)(C)C)c3cn2)c1C#N. The van der Waals surface area contributed by atoms with Crippen molar-refractivity contribution in [2.75, 3.05) is 0 Å². The number of rotatable bonds is 1. The van der Waals surface area contributed by atoms with Crippen molar-refractivity contribution in [2.24, 2.45) is 7.05 Å². The Labute approximate surface area is 130 Å². The molecule has 3 rings (SSSR count). The lowest BCUT2D eigenvalue weighted by Crippen LogP contribution is -2.11. The van der Waals surface area contributed by atoms with Crippen LogP contribution in [0.5, 0.6) is 0 Å². The van der Waals surface area contributed by atoms with E-state index in [0.717, 1.165) is 22.0 Å². The maximum Gasteiger partial charge on any atom is 0.147 e. The monoisotopic (exact) mass is 290 g/mol. The van der Waals surface area contributed by atoms with E-state index in [0.29, 0.717) is 5.69 Å². The fraction of sp³-hybridized carbons (Fsp3) is 0.278. The Morgan fingerprint density at radius 1 is 1.18 bits per heavy atom. The van der Waals surface area contributed by atoms with E-state index >= 15 is 0 Å². The molecule has 0 saturated heterocycles. The van der Waals surface area contributed by atoms with Gasteiger partial charge in [-0.15, -0.1) is 0 Å². The van der Waals surface area contributed by atoms with Crippen LogP contribution in [0, 0.1) is 11.3 Å². The molecule has 0 spiro atoms. The van der Waals surface area contributed by atoms with E-state index in [4.69, 9.17) is 0 Å². The second-order valence-corrected chi connectivity index (χ2v) is 6.49. The van der Waals surface area contributed by atoms with Crippen LogP contribution in [0.1, 0.15) is 32.0 Å². The summed E-state index contributed by atoms with van der Waals surface area (Å²) < 4.78 is 1.58. The normalized spacial score (nSPS) is 11.6. The Morgan fingerprint density at radius 2 is 1.95 bits per heavy atom. The van der Waals surface area contributed by atoms with Crippen molar-refractivity contribution in [3.8, 4) is 17.3 Å². The summed E-state index contributed by atoms with van der Waals surface area (Å²) in [6, 6.07) is 10.5. The van der Waals surface area contributed by atoms with Crippen LogP contribution in [0.25, 0.3) is 22.0 Å². The van der Waals surface area contributed by atoms with Gasteiger partial charge in [-0.1, -0.05) is 39.0 Å². The Hall–Kier alpha value is -2.67. The van der Waals surface area contributed by atoms with Crippen LogP contribution in [0.3, 0.4) is 0 Å². The molecule has 22 heavy (non-hydrogen) atoms. The van der Waals surface area contributed by atoms with Gasteiger partial charge in [-0.2, -0.15) is 10.4 Å². The molecule has 3 aromatic rings. The van der Waals surface area contributed by atoms with Gasteiger partial charge in [0.1, 0.15) is 11.8 Å². The minimum atomic E-state index is 0.0643. The molecule has 0 amide bonds. The van der Waals surface area contributed by atoms with Gasteiger partial charge < -0.3 is 0 Å². The van der Waals surface area contributed by atoms with Gasteiger partial charge in [-0.05, 0) is 22.4 Å². The van der Waals surface area contributed by atoms with E-state index in [1.165, 1.54) is 5.56 Å². The van der Waals surface area contributed by atoms with Crippen molar-refractivity contribution < 1.29 is 0 Å². The summed E-state index contributed by atoms with van der Waals surface area (Å²) in [5.74, 6) is 0. The van der Waals surface area contributed by atoms with E-state index in [9.17, 15) is 5.26 Å². The minimum absolute atomic E-state index is 0.0643. The molecule has 4 heteroatoms. The summed E-state index contributed by atoms with van der Waals surface area (Å²) in [6.45, 7) is 6.60. The van der Waals surface area contributed by atoms with E-state index in [1.54, 1.807) is 17.9 Å². The van der Waals surface area contributed by atoms with Crippen molar-refractivity contribution in [1.82, 2.24) is 14.8 Å². The van der Waals surface area contributed by atoms with Crippen molar-refractivity contribution in [3.63, 3.8) is 0 Å². The summed E-state index contributed by atoms with van der Waals surface area (Å²) in [6.07, 6.45) is 3.60. The summed E-state index contributed by atoms with van der Waals surface area (Å²) in [5.41, 5.74) is 3.42. The first-order valence-corrected chi connectivity index (χ1v) is 7.23. The molecule has 0 N–H and O–H groups in total. The van der Waals surface area contributed by atoms with E-state index in [1.807, 2.05) is 12.3 Å². The third kappa shape index (κ3) is 2.25. The first-order valence-electron chi connectivity index (χ1n) is 7.23. The van der Waals surface area contributed by atoms with Crippen LogP contribution >= 0.6 is 0 Å². The number of aryl methyl sites for hydroxylation is 1. The molecule has 0 saturated carbocycles. The number of hydrogen-bond donors (Lipinski definition) is 0. The van der Waals surface area contributed by atoms with Gasteiger partial charge in [0.2, 0.25) is 0 Å². The van der Waals surface area contributed by atoms with Crippen LogP contribution < -0.4 is 0 Å². The average molecular weight is 290 g/mol. The molecule has 0 atom stereocenters. The predicted octanol–water partition coefficient (Wildman–Crippen LogP) is 3.80. The minimum Gasteiger partial charge on any atom is -0.257 e. The van der Waals surface area contributed by atoms with Gasteiger partial charge in [0.15, 0.2) is 0 Å². The quantitative estimate of drug-likeness (QED) is 0.685. The molecule has 0 unspecified atom stereocenters. The lowest BCUT2D eigenvalue weighted by Gasteiger charge is -2.21. The van der Waals surface area contributed by atoms with Crippen LogP contribution in [-0.2, 0) is 12.5 Å². The highest BCUT2D eigenvalue weighted by Gasteiger charge is 2.18. The number of pyridine rings is 1. The van der Waals surface area contributed by atoms with Crippen molar-refractivity contribution in [2.45, 2.75) is 26.2 Å². The van der Waals surface area contributed by atoms with Gasteiger partial charge in [-0.25, -0.2) is 0 Å². The van der Waals surface area contributed by atoms with Crippen LogP contribution in [0.4, 0.5) is 0 Å². The third-order valence-electron chi connectivity index (χ3n) is 3.89. The maximum atomic E-state index is 9.27. The topological polar surface area (TPSA) is 54.5 Å². The summed E-state index contributed by atoms with van der Waals surface area (Å²) >= 11 is 0. The van der Waals surface area contributed by atoms with Gasteiger partial charge in [0, 0.05) is 18.6 Å². The number of fused-ring (bicyclic) bond motifs is 1. The lowest BCUT2D eigenvalue weighted by atomic mass is 9.84.